The number of halogens is 1. The van der Waals surface area contributed by atoms with Gasteiger partial charge >= 0.3 is 0 Å². The molecule has 0 aromatic heterocycles. The van der Waals surface area contributed by atoms with Crippen molar-refractivity contribution in [1.82, 2.24) is 0 Å². The molecule has 0 unspecified atom stereocenters. The summed E-state index contributed by atoms with van der Waals surface area (Å²) in [5.74, 6) is 1.32. The van der Waals surface area contributed by atoms with E-state index in [2.05, 4.69) is 10.5 Å². The molecule has 0 aliphatic carbocycles. The number of ether oxygens (including phenoxy) is 3. The average Bonchev–Trinajstić information content (AvgIpc) is 2.55. The molecule has 116 valence electrons. The van der Waals surface area contributed by atoms with Gasteiger partial charge < -0.3 is 14.2 Å². The largest absolute Gasteiger partial charge is 0.493 e. The number of hydrogen-bond donors (Lipinski definition) is 1. The Morgan fingerprint density at radius 3 is 2.05 bits per heavy atom. The molecule has 0 saturated carbocycles. The van der Waals surface area contributed by atoms with E-state index in [9.17, 15) is 4.39 Å². The topological polar surface area (TPSA) is 52.1 Å². The summed E-state index contributed by atoms with van der Waals surface area (Å²) in [6.07, 6.45) is 1.60. The number of hydrazone groups is 1. The normalized spacial score (nSPS) is 10.5. The van der Waals surface area contributed by atoms with Gasteiger partial charge in [0, 0.05) is 5.56 Å². The Balaban J connectivity index is 2.18. The molecule has 0 amide bonds. The third kappa shape index (κ3) is 3.66. The Hall–Kier alpha value is -2.76. The first-order valence-electron chi connectivity index (χ1n) is 6.52. The van der Waals surface area contributed by atoms with Crippen LogP contribution in [0.1, 0.15) is 5.56 Å². The molecule has 22 heavy (non-hydrogen) atoms. The molecule has 5 nitrogen and oxygen atoms in total. The highest BCUT2D eigenvalue weighted by Gasteiger charge is 2.12. The summed E-state index contributed by atoms with van der Waals surface area (Å²) in [4.78, 5) is 0. The van der Waals surface area contributed by atoms with Crippen LogP contribution >= 0.6 is 0 Å². The number of benzene rings is 2. The van der Waals surface area contributed by atoms with E-state index in [0.29, 0.717) is 22.9 Å². The molecule has 0 heterocycles. The van der Waals surface area contributed by atoms with E-state index < -0.39 is 0 Å². The number of hydrogen-bond acceptors (Lipinski definition) is 5. The van der Waals surface area contributed by atoms with Crippen molar-refractivity contribution in [1.29, 1.82) is 0 Å². The first-order valence-corrected chi connectivity index (χ1v) is 6.52. The lowest BCUT2D eigenvalue weighted by Crippen LogP contribution is -1.97. The monoisotopic (exact) mass is 304 g/mol. The van der Waals surface area contributed by atoms with E-state index in [0.717, 1.165) is 5.56 Å². The van der Waals surface area contributed by atoms with Gasteiger partial charge in [-0.25, -0.2) is 4.39 Å². The van der Waals surface area contributed by atoms with E-state index in [-0.39, 0.29) is 5.82 Å². The smallest absolute Gasteiger partial charge is 0.203 e. The summed E-state index contributed by atoms with van der Waals surface area (Å²) in [7, 11) is 4.65. The Kier molecular flexibility index (Phi) is 5.19. The zero-order valence-electron chi connectivity index (χ0n) is 12.6. The number of methoxy groups -OCH3 is 3. The maximum absolute atomic E-state index is 12.8. The molecule has 2 aromatic rings. The van der Waals surface area contributed by atoms with E-state index in [1.54, 1.807) is 51.8 Å². The second-order valence-electron chi connectivity index (χ2n) is 4.34. The fourth-order valence-corrected chi connectivity index (χ4v) is 1.88. The molecule has 0 saturated heterocycles. The molecule has 2 aromatic carbocycles. The van der Waals surface area contributed by atoms with E-state index in [1.807, 2.05) is 0 Å². The Morgan fingerprint density at radius 2 is 1.55 bits per heavy atom. The van der Waals surface area contributed by atoms with E-state index in [1.165, 1.54) is 12.1 Å². The van der Waals surface area contributed by atoms with Gasteiger partial charge in [0.2, 0.25) is 5.75 Å². The zero-order chi connectivity index (χ0) is 15.9. The summed E-state index contributed by atoms with van der Waals surface area (Å²) in [5.41, 5.74) is 4.27. The summed E-state index contributed by atoms with van der Waals surface area (Å²) in [5, 5.41) is 4.10. The van der Waals surface area contributed by atoms with Gasteiger partial charge in [0.25, 0.3) is 0 Å². The molecule has 0 aliphatic heterocycles. The summed E-state index contributed by atoms with van der Waals surface area (Å²) in [6.45, 7) is 0. The number of anilines is 1. The summed E-state index contributed by atoms with van der Waals surface area (Å²) < 4.78 is 28.6. The van der Waals surface area contributed by atoms with E-state index >= 15 is 0 Å². The van der Waals surface area contributed by atoms with Gasteiger partial charge in [0.1, 0.15) is 5.82 Å². The summed E-state index contributed by atoms with van der Waals surface area (Å²) in [6, 6.07) is 9.46. The van der Waals surface area contributed by atoms with Crippen LogP contribution in [0.25, 0.3) is 0 Å². The lowest BCUT2D eigenvalue weighted by Gasteiger charge is -2.12. The highest BCUT2D eigenvalue weighted by atomic mass is 19.1. The average molecular weight is 304 g/mol. The molecule has 6 heteroatoms. The molecular formula is C16H17FN2O3. The lowest BCUT2D eigenvalue weighted by molar-refractivity contribution is 0.324. The highest BCUT2D eigenvalue weighted by molar-refractivity contribution is 5.83. The second-order valence-corrected chi connectivity index (χ2v) is 4.34. The third-order valence-electron chi connectivity index (χ3n) is 2.94. The quantitative estimate of drug-likeness (QED) is 0.657. The maximum Gasteiger partial charge on any atom is 0.203 e. The van der Waals surface area contributed by atoms with Gasteiger partial charge in [-0.15, -0.1) is 0 Å². The fourth-order valence-electron chi connectivity index (χ4n) is 1.88. The van der Waals surface area contributed by atoms with Crippen molar-refractivity contribution in [2.45, 2.75) is 0 Å². The zero-order valence-corrected chi connectivity index (χ0v) is 12.6. The van der Waals surface area contributed by atoms with Gasteiger partial charge in [-0.2, -0.15) is 5.10 Å². The molecule has 0 fully saturated rings. The molecule has 0 atom stereocenters. The van der Waals surface area contributed by atoms with Crippen LogP contribution in [0.2, 0.25) is 0 Å². The molecule has 0 bridgehead atoms. The van der Waals surface area contributed by atoms with Crippen molar-refractivity contribution in [3.8, 4) is 17.2 Å². The van der Waals surface area contributed by atoms with Crippen LogP contribution < -0.4 is 19.6 Å². The third-order valence-corrected chi connectivity index (χ3v) is 2.94. The van der Waals surface area contributed by atoms with E-state index in [4.69, 9.17) is 14.2 Å². The molecule has 0 spiro atoms. The highest BCUT2D eigenvalue weighted by Crippen LogP contribution is 2.37. The van der Waals surface area contributed by atoms with Crippen molar-refractivity contribution in [3.05, 3.63) is 47.8 Å². The predicted octanol–water partition coefficient (Wildman–Crippen LogP) is 3.30. The van der Waals surface area contributed by atoms with Crippen molar-refractivity contribution in [2.24, 2.45) is 5.10 Å². The lowest BCUT2D eigenvalue weighted by atomic mass is 10.2. The van der Waals surface area contributed by atoms with Crippen molar-refractivity contribution in [3.63, 3.8) is 0 Å². The van der Waals surface area contributed by atoms with Crippen molar-refractivity contribution in [2.75, 3.05) is 26.8 Å². The summed E-state index contributed by atoms with van der Waals surface area (Å²) >= 11 is 0. The first kappa shape index (κ1) is 15.6. The van der Waals surface area contributed by atoms with Gasteiger partial charge in [0.05, 0.1) is 33.2 Å². The molecule has 1 N–H and O–H groups in total. The minimum absolute atomic E-state index is 0.292. The molecule has 2 rings (SSSR count). The second kappa shape index (κ2) is 7.31. The standard InChI is InChI=1S/C16H17FN2O3/c1-20-14-8-11(9-15(21-2)16(14)22-3)10-18-19-13-6-4-12(17)5-7-13/h4-10,19H,1-3H3/b18-10-. The number of rotatable bonds is 6. The number of nitrogens with one attached hydrogen (secondary N) is 1. The number of nitrogens with zero attached hydrogens (tertiary/aromatic N) is 1. The van der Waals surface area contributed by atoms with Gasteiger partial charge in [-0.05, 0) is 36.4 Å². The van der Waals surface area contributed by atoms with Crippen LogP contribution in [-0.2, 0) is 0 Å². The fraction of sp³-hybridized carbons (Fsp3) is 0.188. The SMILES string of the molecule is COc1cc(/C=N\Nc2ccc(F)cc2)cc(OC)c1OC. The Bertz CT molecular complexity index is 632. The molecular weight excluding hydrogens is 287 g/mol. The van der Waals surface area contributed by atoms with Gasteiger partial charge in [-0.1, -0.05) is 0 Å². The van der Waals surface area contributed by atoms with Crippen molar-refractivity contribution >= 4 is 11.9 Å². The minimum Gasteiger partial charge on any atom is -0.493 e. The first-order chi connectivity index (χ1) is 10.7. The van der Waals surface area contributed by atoms with Crippen LogP contribution in [0, 0.1) is 5.82 Å². The van der Waals surface area contributed by atoms with Crippen LogP contribution in [0.5, 0.6) is 17.2 Å². The van der Waals surface area contributed by atoms with Crippen molar-refractivity contribution < 1.29 is 18.6 Å². The Morgan fingerprint density at radius 1 is 0.955 bits per heavy atom. The van der Waals surface area contributed by atoms with Gasteiger partial charge in [0.15, 0.2) is 11.5 Å². The van der Waals surface area contributed by atoms with Gasteiger partial charge in [-0.3, -0.25) is 5.43 Å². The van der Waals surface area contributed by atoms with Crippen LogP contribution in [0.3, 0.4) is 0 Å². The molecule has 0 aliphatic rings. The van der Waals surface area contributed by atoms with Crippen LogP contribution in [0.4, 0.5) is 10.1 Å². The predicted molar refractivity (Wildman–Crippen MR) is 83.7 cm³/mol. The van der Waals surface area contributed by atoms with Crippen LogP contribution in [-0.4, -0.2) is 27.5 Å². The van der Waals surface area contributed by atoms with Crippen LogP contribution in [0.15, 0.2) is 41.5 Å². The Labute approximate surface area is 128 Å². The maximum atomic E-state index is 12.8. The molecule has 0 radical (unpaired) electrons. The minimum atomic E-state index is -0.292.